The SMILES string of the molecule is CNCCc1ncc(-c2cc([N+](=O)[O-])ccc2C)o1. The molecule has 0 aliphatic rings. The van der Waals surface area contributed by atoms with Gasteiger partial charge in [-0.1, -0.05) is 6.07 Å². The second-order valence-corrected chi connectivity index (χ2v) is 4.23. The number of aryl methyl sites for hydroxylation is 1. The summed E-state index contributed by atoms with van der Waals surface area (Å²) in [5.41, 5.74) is 1.67. The Morgan fingerprint density at radius 1 is 1.47 bits per heavy atom. The van der Waals surface area contributed by atoms with Crippen LogP contribution in [0.4, 0.5) is 5.69 Å². The standard InChI is InChI=1S/C13H15N3O3/c1-9-3-4-10(16(17)18)7-11(9)12-8-15-13(19-12)5-6-14-2/h3-4,7-8,14H,5-6H2,1-2H3. The van der Waals surface area contributed by atoms with Gasteiger partial charge in [0.05, 0.1) is 11.1 Å². The summed E-state index contributed by atoms with van der Waals surface area (Å²) in [5, 5.41) is 13.8. The fourth-order valence-corrected chi connectivity index (χ4v) is 1.77. The highest BCUT2D eigenvalue weighted by Crippen LogP contribution is 2.28. The van der Waals surface area contributed by atoms with Crippen molar-refractivity contribution in [1.29, 1.82) is 0 Å². The second-order valence-electron chi connectivity index (χ2n) is 4.23. The first-order chi connectivity index (χ1) is 9.11. The number of rotatable bonds is 5. The molecule has 2 aromatic rings. The lowest BCUT2D eigenvalue weighted by molar-refractivity contribution is -0.384. The molecule has 100 valence electrons. The zero-order valence-corrected chi connectivity index (χ0v) is 10.8. The Kier molecular flexibility index (Phi) is 3.91. The third kappa shape index (κ3) is 2.97. The fraction of sp³-hybridized carbons (Fsp3) is 0.308. The van der Waals surface area contributed by atoms with Crippen LogP contribution in [0.3, 0.4) is 0 Å². The lowest BCUT2D eigenvalue weighted by Crippen LogP contribution is -2.10. The Hall–Kier alpha value is -2.21. The number of hydrogen-bond donors (Lipinski definition) is 1. The van der Waals surface area contributed by atoms with Crippen molar-refractivity contribution in [2.45, 2.75) is 13.3 Å². The van der Waals surface area contributed by atoms with Crippen LogP contribution in [0.15, 0.2) is 28.8 Å². The van der Waals surface area contributed by atoms with Crippen molar-refractivity contribution >= 4 is 5.69 Å². The van der Waals surface area contributed by atoms with E-state index in [2.05, 4.69) is 10.3 Å². The van der Waals surface area contributed by atoms with Crippen LogP contribution in [0.2, 0.25) is 0 Å². The largest absolute Gasteiger partial charge is 0.441 e. The minimum absolute atomic E-state index is 0.0498. The molecule has 0 aliphatic carbocycles. The van der Waals surface area contributed by atoms with Gasteiger partial charge in [0.2, 0.25) is 0 Å². The van der Waals surface area contributed by atoms with Gasteiger partial charge in [0, 0.05) is 30.7 Å². The van der Waals surface area contributed by atoms with Gasteiger partial charge in [-0.2, -0.15) is 0 Å². The third-order valence-corrected chi connectivity index (χ3v) is 2.84. The van der Waals surface area contributed by atoms with Crippen molar-refractivity contribution in [2.24, 2.45) is 0 Å². The molecular formula is C13H15N3O3. The van der Waals surface area contributed by atoms with E-state index in [9.17, 15) is 10.1 Å². The number of nitrogens with one attached hydrogen (secondary N) is 1. The number of non-ortho nitro benzene ring substituents is 1. The summed E-state index contributed by atoms with van der Waals surface area (Å²) < 4.78 is 5.61. The summed E-state index contributed by atoms with van der Waals surface area (Å²) >= 11 is 0. The van der Waals surface area contributed by atoms with E-state index in [-0.39, 0.29) is 5.69 Å². The fourth-order valence-electron chi connectivity index (χ4n) is 1.77. The maximum atomic E-state index is 10.8. The van der Waals surface area contributed by atoms with Crippen molar-refractivity contribution < 1.29 is 9.34 Å². The van der Waals surface area contributed by atoms with Crippen LogP contribution >= 0.6 is 0 Å². The van der Waals surface area contributed by atoms with Crippen LogP contribution in [-0.2, 0) is 6.42 Å². The van der Waals surface area contributed by atoms with Crippen molar-refractivity contribution in [1.82, 2.24) is 10.3 Å². The van der Waals surface area contributed by atoms with Crippen LogP contribution < -0.4 is 5.32 Å². The summed E-state index contributed by atoms with van der Waals surface area (Å²) in [6.07, 6.45) is 2.29. The van der Waals surface area contributed by atoms with Crippen LogP contribution in [0.5, 0.6) is 0 Å². The normalized spacial score (nSPS) is 10.6. The van der Waals surface area contributed by atoms with Crippen LogP contribution in [0, 0.1) is 17.0 Å². The first-order valence-electron chi connectivity index (χ1n) is 5.96. The van der Waals surface area contributed by atoms with Crippen molar-refractivity contribution in [2.75, 3.05) is 13.6 Å². The summed E-state index contributed by atoms with van der Waals surface area (Å²) in [4.78, 5) is 14.5. The second kappa shape index (κ2) is 5.62. The predicted molar refractivity (Wildman–Crippen MR) is 71.0 cm³/mol. The van der Waals surface area contributed by atoms with Crippen LogP contribution in [0.25, 0.3) is 11.3 Å². The van der Waals surface area contributed by atoms with Crippen LogP contribution in [-0.4, -0.2) is 23.5 Å². The minimum Gasteiger partial charge on any atom is -0.441 e. The monoisotopic (exact) mass is 261 g/mol. The number of aromatic nitrogens is 1. The molecule has 0 saturated heterocycles. The number of nitro benzene ring substituents is 1. The molecule has 1 heterocycles. The highest BCUT2D eigenvalue weighted by atomic mass is 16.6. The summed E-state index contributed by atoms with van der Waals surface area (Å²) in [5.74, 6) is 1.18. The molecule has 6 nitrogen and oxygen atoms in total. The van der Waals surface area contributed by atoms with Crippen molar-refractivity contribution in [3.05, 3.63) is 46.0 Å². The highest BCUT2D eigenvalue weighted by molar-refractivity contribution is 5.64. The zero-order chi connectivity index (χ0) is 13.8. The van der Waals surface area contributed by atoms with Gasteiger partial charge in [-0.3, -0.25) is 10.1 Å². The van der Waals surface area contributed by atoms with Gasteiger partial charge in [-0.15, -0.1) is 0 Å². The van der Waals surface area contributed by atoms with Crippen molar-refractivity contribution in [3.63, 3.8) is 0 Å². The van der Waals surface area contributed by atoms with E-state index in [1.54, 1.807) is 12.3 Å². The number of likely N-dealkylation sites (N-methyl/N-ethyl adjacent to an activating group) is 1. The van der Waals surface area contributed by atoms with Gasteiger partial charge in [0.1, 0.15) is 0 Å². The summed E-state index contributed by atoms with van der Waals surface area (Å²) in [7, 11) is 1.86. The molecule has 1 N–H and O–H groups in total. The smallest absolute Gasteiger partial charge is 0.270 e. The average molecular weight is 261 g/mol. The Bertz CT molecular complexity index is 593. The Morgan fingerprint density at radius 3 is 2.95 bits per heavy atom. The molecule has 0 amide bonds. The minimum atomic E-state index is -0.415. The first kappa shape index (κ1) is 13.2. The highest BCUT2D eigenvalue weighted by Gasteiger charge is 2.13. The van der Waals surface area contributed by atoms with E-state index in [1.165, 1.54) is 12.1 Å². The molecule has 0 aliphatic heterocycles. The molecule has 0 spiro atoms. The Morgan fingerprint density at radius 2 is 2.26 bits per heavy atom. The maximum Gasteiger partial charge on any atom is 0.270 e. The van der Waals surface area contributed by atoms with Crippen molar-refractivity contribution in [3.8, 4) is 11.3 Å². The van der Waals surface area contributed by atoms with E-state index in [0.717, 1.165) is 12.1 Å². The molecule has 0 unspecified atom stereocenters. The van der Waals surface area contributed by atoms with Gasteiger partial charge in [-0.05, 0) is 19.5 Å². The molecule has 0 atom stereocenters. The number of benzene rings is 1. The maximum absolute atomic E-state index is 10.8. The molecule has 0 saturated carbocycles. The molecule has 1 aromatic carbocycles. The number of oxazole rings is 1. The number of nitro groups is 1. The molecule has 6 heteroatoms. The zero-order valence-electron chi connectivity index (χ0n) is 10.8. The van der Waals surface area contributed by atoms with Gasteiger partial charge in [0.25, 0.3) is 5.69 Å². The summed E-state index contributed by atoms with van der Waals surface area (Å²) in [6, 6.07) is 4.71. The third-order valence-electron chi connectivity index (χ3n) is 2.84. The molecule has 0 radical (unpaired) electrons. The van der Waals surface area contributed by atoms with E-state index < -0.39 is 4.92 Å². The quantitative estimate of drug-likeness (QED) is 0.659. The molecule has 19 heavy (non-hydrogen) atoms. The Balaban J connectivity index is 2.32. The summed E-state index contributed by atoms with van der Waals surface area (Å²) in [6.45, 7) is 2.66. The topological polar surface area (TPSA) is 81.2 Å². The van der Waals surface area contributed by atoms with Gasteiger partial charge in [-0.25, -0.2) is 4.98 Å². The number of hydrogen-bond acceptors (Lipinski definition) is 5. The van der Waals surface area contributed by atoms with E-state index >= 15 is 0 Å². The van der Waals surface area contributed by atoms with Crippen LogP contribution in [0.1, 0.15) is 11.5 Å². The van der Waals surface area contributed by atoms with E-state index in [4.69, 9.17) is 4.42 Å². The molecular weight excluding hydrogens is 246 g/mol. The lowest BCUT2D eigenvalue weighted by atomic mass is 10.1. The van der Waals surface area contributed by atoms with Gasteiger partial charge >= 0.3 is 0 Å². The molecule has 1 aromatic heterocycles. The lowest BCUT2D eigenvalue weighted by Gasteiger charge is -2.01. The van der Waals surface area contributed by atoms with Gasteiger partial charge < -0.3 is 9.73 Å². The number of nitrogens with zero attached hydrogens (tertiary/aromatic N) is 2. The molecule has 2 rings (SSSR count). The van der Waals surface area contributed by atoms with E-state index in [0.29, 0.717) is 23.6 Å². The van der Waals surface area contributed by atoms with Gasteiger partial charge in [0.15, 0.2) is 11.7 Å². The molecule has 0 bridgehead atoms. The predicted octanol–water partition coefficient (Wildman–Crippen LogP) is 2.32. The molecule has 0 fully saturated rings. The van der Waals surface area contributed by atoms with E-state index in [1.807, 2.05) is 14.0 Å². The Labute approximate surface area is 110 Å². The first-order valence-corrected chi connectivity index (χ1v) is 5.96. The average Bonchev–Trinajstić information content (AvgIpc) is 2.85.